The third-order valence-electron chi connectivity index (χ3n) is 2.78. The highest BCUT2D eigenvalue weighted by Gasteiger charge is 2.34. The van der Waals surface area contributed by atoms with Crippen LogP contribution in [0, 0.1) is 5.82 Å². The van der Waals surface area contributed by atoms with E-state index in [2.05, 4.69) is 10.3 Å². The Morgan fingerprint density at radius 1 is 1.29 bits per heavy atom. The fourth-order valence-electron chi connectivity index (χ4n) is 1.79. The topological polar surface area (TPSA) is 24.9 Å². The average Bonchev–Trinajstić information content (AvgIpc) is 2.85. The number of hydrogen-bond acceptors (Lipinski definition) is 3. The number of nitrogens with zero attached hydrogens (tertiary/aromatic N) is 1. The van der Waals surface area contributed by atoms with Crippen LogP contribution in [0.5, 0.6) is 0 Å². The van der Waals surface area contributed by atoms with Crippen LogP contribution in [0.15, 0.2) is 24.4 Å². The normalized spacial score (nSPS) is 12.1. The monoisotopic (exact) mass is 318 g/mol. The summed E-state index contributed by atoms with van der Waals surface area (Å²) in [6.45, 7) is 4.25. The Hall–Kier alpha value is -1.47. The number of aromatic nitrogens is 1. The average molecular weight is 318 g/mol. The largest absolute Gasteiger partial charge is 0.443 e. The fraction of sp³-hybridized carbons (Fsp3) is 0.357. The maximum absolute atomic E-state index is 13.4. The molecule has 0 amide bonds. The molecule has 0 aliphatic carbocycles. The van der Waals surface area contributed by atoms with Crippen LogP contribution in [0.25, 0.3) is 10.4 Å². The highest BCUT2D eigenvalue weighted by atomic mass is 32.1. The number of halogens is 4. The first-order chi connectivity index (χ1) is 9.77. The molecule has 0 saturated heterocycles. The van der Waals surface area contributed by atoms with Gasteiger partial charge in [0, 0.05) is 18.8 Å². The van der Waals surface area contributed by atoms with E-state index in [0.717, 1.165) is 0 Å². The van der Waals surface area contributed by atoms with E-state index in [1.807, 2.05) is 13.8 Å². The van der Waals surface area contributed by atoms with E-state index in [9.17, 15) is 17.6 Å². The second-order valence-corrected chi connectivity index (χ2v) is 5.90. The van der Waals surface area contributed by atoms with Gasteiger partial charge in [-0.2, -0.15) is 13.2 Å². The Kier molecular flexibility index (Phi) is 4.63. The molecule has 2 rings (SSSR count). The van der Waals surface area contributed by atoms with E-state index in [1.165, 1.54) is 24.4 Å². The lowest BCUT2D eigenvalue weighted by molar-refractivity contribution is -0.137. The minimum Gasteiger partial charge on any atom is -0.310 e. The van der Waals surface area contributed by atoms with Gasteiger partial charge in [0.05, 0.1) is 4.88 Å². The summed E-state index contributed by atoms with van der Waals surface area (Å²) in [7, 11) is 0. The number of benzene rings is 1. The Bertz CT molecular complexity index is 620. The molecule has 7 heteroatoms. The molecule has 0 saturated carbocycles. The van der Waals surface area contributed by atoms with Crippen molar-refractivity contribution < 1.29 is 17.6 Å². The third-order valence-corrected chi connectivity index (χ3v) is 3.86. The molecule has 0 bridgehead atoms. The lowest BCUT2D eigenvalue weighted by atomic mass is 10.1. The summed E-state index contributed by atoms with van der Waals surface area (Å²) in [5.74, 6) is -0.417. The highest BCUT2D eigenvalue weighted by molar-refractivity contribution is 7.15. The van der Waals surface area contributed by atoms with Crippen LogP contribution in [0.2, 0.25) is 0 Å². The molecular formula is C14H14F4N2S. The Morgan fingerprint density at radius 3 is 2.57 bits per heavy atom. The van der Waals surface area contributed by atoms with Crippen molar-refractivity contribution in [3.63, 3.8) is 0 Å². The molecule has 0 atom stereocenters. The van der Waals surface area contributed by atoms with Gasteiger partial charge in [-0.05, 0) is 23.3 Å². The molecule has 0 aliphatic rings. The van der Waals surface area contributed by atoms with Crippen molar-refractivity contribution in [1.29, 1.82) is 0 Å². The van der Waals surface area contributed by atoms with E-state index in [-0.39, 0.29) is 6.04 Å². The van der Waals surface area contributed by atoms with E-state index in [0.29, 0.717) is 33.9 Å². The molecule has 1 aromatic carbocycles. The van der Waals surface area contributed by atoms with Crippen molar-refractivity contribution in [2.75, 3.05) is 0 Å². The lowest BCUT2D eigenvalue weighted by Gasteiger charge is -2.11. The predicted octanol–water partition coefficient (Wildman–Crippen LogP) is 4.47. The number of rotatable bonds is 4. The molecule has 1 N–H and O–H groups in total. The van der Waals surface area contributed by atoms with E-state index in [1.54, 1.807) is 0 Å². The van der Waals surface area contributed by atoms with Crippen molar-refractivity contribution in [2.24, 2.45) is 0 Å². The van der Waals surface area contributed by atoms with E-state index in [4.69, 9.17) is 0 Å². The smallest absolute Gasteiger partial charge is 0.310 e. The SMILES string of the molecule is CC(C)NCc1cc(F)ccc1-c1cnc(C(F)(F)F)s1. The van der Waals surface area contributed by atoms with Gasteiger partial charge in [0.25, 0.3) is 0 Å². The standard InChI is InChI=1S/C14H14F4N2S/c1-8(2)19-6-9-5-10(15)3-4-11(9)12-7-20-13(21-12)14(16,17)18/h3-5,7-8,19H,6H2,1-2H3. The molecule has 2 nitrogen and oxygen atoms in total. The zero-order chi connectivity index (χ0) is 15.6. The van der Waals surface area contributed by atoms with Crippen molar-refractivity contribution in [2.45, 2.75) is 32.6 Å². The molecule has 1 heterocycles. The van der Waals surface area contributed by atoms with E-state index >= 15 is 0 Å². The summed E-state index contributed by atoms with van der Waals surface area (Å²) in [5.41, 5.74) is 1.18. The van der Waals surface area contributed by atoms with Crippen LogP contribution in [0.1, 0.15) is 24.4 Å². The highest BCUT2D eigenvalue weighted by Crippen LogP contribution is 2.37. The first kappa shape index (κ1) is 15.9. The summed E-state index contributed by atoms with van der Waals surface area (Å²) in [5, 5.41) is 2.23. The van der Waals surface area contributed by atoms with Gasteiger partial charge in [-0.3, -0.25) is 0 Å². The molecule has 2 aromatic rings. The van der Waals surface area contributed by atoms with Crippen LogP contribution < -0.4 is 5.32 Å². The molecule has 0 aliphatic heterocycles. The lowest BCUT2D eigenvalue weighted by Crippen LogP contribution is -2.22. The van der Waals surface area contributed by atoms with Crippen LogP contribution in [-0.4, -0.2) is 11.0 Å². The third kappa shape index (κ3) is 4.01. The molecule has 21 heavy (non-hydrogen) atoms. The first-order valence-electron chi connectivity index (χ1n) is 6.32. The van der Waals surface area contributed by atoms with E-state index < -0.39 is 17.0 Å². The molecule has 0 spiro atoms. The van der Waals surface area contributed by atoms with Crippen LogP contribution in [0.3, 0.4) is 0 Å². The van der Waals surface area contributed by atoms with Crippen LogP contribution in [-0.2, 0) is 12.7 Å². The summed E-state index contributed by atoms with van der Waals surface area (Å²) in [6, 6.07) is 4.24. The quantitative estimate of drug-likeness (QED) is 0.842. The van der Waals surface area contributed by atoms with Crippen LogP contribution in [0.4, 0.5) is 17.6 Å². The Balaban J connectivity index is 2.36. The second kappa shape index (κ2) is 6.11. The van der Waals surface area contributed by atoms with Gasteiger partial charge in [0.2, 0.25) is 0 Å². The summed E-state index contributed by atoms with van der Waals surface area (Å²) in [4.78, 5) is 3.78. The fourth-order valence-corrected chi connectivity index (χ4v) is 2.64. The Morgan fingerprint density at radius 2 is 2.00 bits per heavy atom. The van der Waals surface area contributed by atoms with Gasteiger partial charge >= 0.3 is 6.18 Å². The molecule has 1 aromatic heterocycles. The maximum Gasteiger partial charge on any atom is 0.443 e. The minimum absolute atomic E-state index is 0.188. The summed E-state index contributed by atoms with van der Waals surface area (Å²) < 4.78 is 51.2. The zero-order valence-electron chi connectivity index (χ0n) is 11.5. The molecular weight excluding hydrogens is 304 g/mol. The van der Waals surface area contributed by atoms with Crippen molar-refractivity contribution in [1.82, 2.24) is 10.3 Å². The summed E-state index contributed by atoms with van der Waals surface area (Å²) >= 11 is 0.561. The van der Waals surface area contributed by atoms with Crippen molar-refractivity contribution in [3.8, 4) is 10.4 Å². The van der Waals surface area contributed by atoms with Crippen molar-refractivity contribution >= 4 is 11.3 Å². The first-order valence-corrected chi connectivity index (χ1v) is 7.14. The number of nitrogens with one attached hydrogen (secondary N) is 1. The zero-order valence-corrected chi connectivity index (χ0v) is 12.3. The van der Waals surface area contributed by atoms with Crippen molar-refractivity contribution in [3.05, 3.63) is 40.8 Å². The molecule has 114 valence electrons. The van der Waals surface area contributed by atoms with Gasteiger partial charge in [0.15, 0.2) is 5.01 Å². The Labute approximate surface area is 123 Å². The van der Waals surface area contributed by atoms with Gasteiger partial charge in [-0.25, -0.2) is 9.37 Å². The van der Waals surface area contributed by atoms with Gasteiger partial charge in [-0.1, -0.05) is 19.9 Å². The number of alkyl halides is 3. The van der Waals surface area contributed by atoms with Crippen LogP contribution >= 0.6 is 11.3 Å². The maximum atomic E-state index is 13.4. The molecule has 0 radical (unpaired) electrons. The molecule has 0 unspecified atom stereocenters. The van der Waals surface area contributed by atoms with Gasteiger partial charge in [0.1, 0.15) is 5.82 Å². The number of thiazole rings is 1. The van der Waals surface area contributed by atoms with Gasteiger partial charge < -0.3 is 5.32 Å². The predicted molar refractivity (Wildman–Crippen MR) is 74.5 cm³/mol. The second-order valence-electron chi connectivity index (χ2n) is 4.86. The minimum atomic E-state index is -4.46. The number of hydrogen-bond donors (Lipinski definition) is 1. The molecule has 0 fully saturated rings. The summed E-state index contributed by atoms with van der Waals surface area (Å²) in [6.07, 6.45) is -3.28. The van der Waals surface area contributed by atoms with Gasteiger partial charge in [-0.15, -0.1) is 11.3 Å².